The van der Waals surface area contributed by atoms with Crippen molar-refractivity contribution in [3.63, 3.8) is 0 Å². The number of carbonyl (C=O) groups is 1. The second-order valence-electron chi connectivity index (χ2n) is 6.20. The summed E-state index contributed by atoms with van der Waals surface area (Å²) in [6.45, 7) is 3.95. The number of ether oxygens (including phenoxy) is 1. The molecule has 0 radical (unpaired) electrons. The summed E-state index contributed by atoms with van der Waals surface area (Å²) in [5, 5.41) is 1.17. The van der Waals surface area contributed by atoms with Gasteiger partial charge in [-0.3, -0.25) is 4.79 Å². The van der Waals surface area contributed by atoms with E-state index in [-0.39, 0.29) is 11.9 Å². The second-order valence-corrected chi connectivity index (χ2v) is 7.32. The van der Waals surface area contributed by atoms with Gasteiger partial charge in [0.05, 0.1) is 21.6 Å². The zero-order chi connectivity index (χ0) is 17.1. The highest BCUT2D eigenvalue weighted by molar-refractivity contribution is 7.11. The molecule has 0 bridgehead atoms. The molecule has 2 atom stereocenters. The average molecular weight is 344 g/mol. The van der Waals surface area contributed by atoms with Crippen molar-refractivity contribution in [3.05, 3.63) is 45.9 Å². The molecule has 1 heterocycles. The molecule has 4 nitrogen and oxygen atoms in total. The number of hydrogen-bond acceptors (Lipinski definition) is 4. The number of para-hydroxylation sites is 1. The van der Waals surface area contributed by atoms with Gasteiger partial charge in [0.2, 0.25) is 0 Å². The van der Waals surface area contributed by atoms with Crippen molar-refractivity contribution in [1.82, 2.24) is 9.88 Å². The Kier molecular flexibility index (Phi) is 5.19. The number of amides is 1. The molecule has 128 valence electrons. The normalized spacial score (nSPS) is 17.9. The molecule has 0 saturated heterocycles. The molecule has 0 fully saturated rings. The van der Waals surface area contributed by atoms with Crippen LogP contribution in [0.4, 0.5) is 0 Å². The first-order valence-electron chi connectivity index (χ1n) is 8.57. The number of nitrogens with zero attached hydrogens (tertiary/aromatic N) is 2. The second kappa shape index (κ2) is 7.34. The van der Waals surface area contributed by atoms with Crippen LogP contribution in [0, 0.1) is 0 Å². The monoisotopic (exact) mass is 344 g/mol. The van der Waals surface area contributed by atoms with Crippen LogP contribution in [0.2, 0.25) is 0 Å². The van der Waals surface area contributed by atoms with Crippen LogP contribution in [0.3, 0.4) is 0 Å². The third-order valence-electron chi connectivity index (χ3n) is 4.49. The molecule has 1 aromatic heterocycles. The largest absolute Gasteiger partial charge is 0.481 e. The topological polar surface area (TPSA) is 42.4 Å². The van der Waals surface area contributed by atoms with Crippen molar-refractivity contribution in [1.29, 1.82) is 0 Å². The smallest absolute Gasteiger partial charge is 0.263 e. The molecule has 0 unspecified atom stereocenters. The van der Waals surface area contributed by atoms with Crippen molar-refractivity contribution < 1.29 is 9.53 Å². The minimum Gasteiger partial charge on any atom is -0.481 e. The Morgan fingerprint density at radius 3 is 2.88 bits per heavy atom. The first-order valence-corrected chi connectivity index (χ1v) is 9.38. The number of fused-ring (bicyclic) bond motifs is 1. The molecule has 0 N–H and O–H groups in total. The molecule has 0 saturated carbocycles. The quantitative estimate of drug-likeness (QED) is 0.823. The Bertz CT molecular complexity index is 699. The summed E-state index contributed by atoms with van der Waals surface area (Å²) in [6.07, 6.45) is 3.56. The maximum Gasteiger partial charge on any atom is 0.263 e. The Morgan fingerprint density at radius 2 is 2.17 bits per heavy atom. The van der Waals surface area contributed by atoms with Crippen molar-refractivity contribution >= 4 is 17.2 Å². The fourth-order valence-electron chi connectivity index (χ4n) is 3.16. The van der Waals surface area contributed by atoms with Crippen LogP contribution in [0.5, 0.6) is 5.75 Å². The molecule has 0 spiro atoms. The zero-order valence-corrected chi connectivity index (χ0v) is 15.3. The Balaban J connectivity index is 1.73. The van der Waals surface area contributed by atoms with E-state index in [0.717, 1.165) is 31.4 Å². The molecular weight excluding hydrogens is 320 g/mol. The summed E-state index contributed by atoms with van der Waals surface area (Å²) >= 11 is 1.76. The van der Waals surface area contributed by atoms with Gasteiger partial charge in [0.25, 0.3) is 5.91 Å². The van der Waals surface area contributed by atoms with Crippen LogP contribution in [-0.4, -0.2) is 28.9 Å². The summed E-state index contributed by atoms with van der Waals surface area (Å²) in [7, 11) is 1.89. The summed E-state index contributed by atoms with van der Waals surface area (Å²) < 4.78 is 5.80. The summed E-state index contributed by atoms with van der Waals surface area (Å²) in [6, 6.07) is 9.63. The third-order valence-corrected chi connectivity index (χ3v) is 5.83. The predicted molar refractivity (Wildman–Crippen MR) is 96.5 cm³/mol. The Labute approximate surface area is 147 Å². The van der Waals surface area contributed by atoms with Gasteiger partial charge >= 0.3 is 0 Å². The number of benzene rings is 1. The average Bonchev–Trinajstić information content (AvgIpc) is 3.04. The minimum absolute atomic E-state index is 0.0168. The lowest BCUT2D eigenvalue weighted by molar-refractivity contribution is -0.139. The van der Waals surface area contributed by atoms with Gasteiger partial charge in [-0.2, -0.15) is 0 Å². The number of rotatable bonds is 5. The highest BCUT2D eigenvalue weighted by Crippen LogP contribution is 2.38. The molecule has 2 aromatic rings. The summed E-state index contributed by atoms with van der Waals surface area (Å²) in [4.78, 5) is 20.7. The van der Waals surface area contributed by atoms with Crippen LogP contribution in [0.25, 0.3) is 0 Å². The lowest BCUT2D eigenvalue weighted by atomic mass is 9.96. The summed E-state index contributed by atoms with van der Waals surface area (Å²) in [5.74, 6) is 0.741. The standard InChI is InChI=1S/C19H24N2O2S/c1-4-17-20-15-11-8-12-16(18(15)24-17)21(3)19(22)13(2)23-14-9-6-5-7-10-14/h5-7,9-10,13,16H,4,8,11-12H2,1-3H3/t13-,16+/m0/s1. The van der Waals surface area contributed by atoms with Gasteiger partial charge in [-0.1, -0.05) is 25.1 Å². The van der Waals surface area contributed by atoms with Gasteiger partial charge in [0.15, 0.2) is 6.10 Å². The number of hydrogen-bond donors (Lipinski definition) is 0. The highest BCUT2D eigenvalue weighted by Gasteiger charge is 2.32. The number of likely N-dealkylation sites (N-methyl/N-ethyl adjacent to an activating group) is 1. The van der Waals surface area contributed by atoms with Gasteiger partial charge in [0, 0.05) is 7.05 Å². The van der Waals surface area contributed by atoms with E-state index < -0.39 is 6.10 Å². The number of carbonyl (C=O) groups excluding carboxylic acids is 1. The van der Waals surface area contributed by atoms with E-state index in [1.54, 1.807) is 11.3 Å². The van der Waals surface area contributed by atoms with Crippen molar-refractivity contribution in [3.8, 4) is 5.75 Å². The van der Waals surface area contributed by atoms with Gasteiger partial charge in [-0.05, 0) is 44.7 Å². The van der Waals surface area contributed by atoms with E-state index in [0.29, 0.717) is 0 Å². The third kappa shape index (κ3) is 3.46. The fourth-order valence-corrected chi connectivity index (χ4v) is 4.39. The number of aryl methyl sites for hydroxylation is 2. The zero-order valence-electron chi connectivity index (χ0n) is 14.5. The van der Waals surface area contributed by atoms with Crippen LogP contribution in [0.15, 0.2) is 30.3 Å². The first kappa shape index (κ1) is 17.0. The Hall–Kier alpha value is -1.88. The van der Waals surface area contributed by atoms with Crippen molar-refractivity contribution in [2.75, 3.05) is 7.05 Å². The highest BCUT2D eigenvalue weighted by atomic mass is 32.1. The molecule has 3 rings (SSSR count). The molecule has 24 heavy (non-hydrogen) atoms. The molecule has 1 amide bonds. The van der Waals surface area contributed by atoms with Gasteiger partial charge in [-0.25, -0.2) is 4.98 Å². The van der Waals surface area contributed by atoms with Gasteiger partial charge in [-0.15, -0.1) is 11.3 Å². The lowest BCUT2D eigenvalue weighted by Crippen LogP contribution is -2.40. The SMILES string of the molecule is CCc1nc2c(s1)[C@H](N(C)C(=O)[C@H](C)Oc1ccccc1)CCC2. The predicted octanol–water partition coefficient (Wildman–Crippen LogP) is 4.01. The number of aromatic nitrogens is 1. The van der Waals surface area contributed by atoms with E-state index in [9.17, 15) is 4.79 Å². The molecule has 5 heteroatoms. The first-order chi connectivity index (χ1) is 11.6. The molecule has 1 aliphatic carbocycles. The van der Waals surface area contributed by atoms with E-state index >= 15 is 0 Å². The molecule has 0 aliphatic heterocycles. The van der Waals surface area contributed by atoms with Gasteiger partial charge < -0.3 is 9.64 Å². The number of thiazole rings is 1. The molecule has 1 aromatic carbocycles. The van der Waals surface area contributed by atoms with E-state index in [1.165, 1.54) is 15.6 Å². The summed E-state index contributed by atoms with van der Waals surface area (Å²) in [5.41, 5.74) is 1.18. The van der Waals surface area contributed by atoms with Crippen LogP contribution < -0.4 is 4.74 Å². The molecule has 1 aliphatic rings. The van der Waals surface area contributed by atoms with Crippen molar-refractivity contribution in [2.24, 2.45) is 0 Å². The fraction of sp³-hybridized carbons (Fsp3) is 0.474. The lowest BCUT2D eigenvalue weighted by Gasteiger charge is -2.32. The van der Waals surface area contributed by atoms with Crippen molar-refractivity contribution in [2.45, 2.75) is 51.7 Å². The van der Waals surface area contributed by atoms with Crippen LogP contribution in [-0.2, 0) is 17.6 Å². The van der Waals surface area contributed by atoms with Crippen LogP contribution >= 0.6 is 11.3 Å². The van der Waals surface area contributed by atoms with E-state index in [2.05, 4.69) is 6.92 Å². The Morgan fingerprint density at radius 1 is 1.42 bits per heavy atom. The van der Waals surface area contributed by atoms with E-state index in [1.807, 2.05) is 49.2 Å². The maximum atomic E-state index is 12.8. The maximum absolute atomic E-state index is 12.8. The van der Waals surface area contributed by atoms with E-state index in [4.69, 9.17) is 9.72 Å². The minimum atomic E-state index is -0.499. The van der Waals surface area contributed by atoms with Gasteiger partial charge in [0.1, 0.15) is 5.75 Å². The van der Waals surface area contributed by atoms with Crippen LogP contribution in [0.1, 0.15) is 48.3 Å². The molecular formula is C19H24N2O2S.